The number of ether oxygens (including phenoxy) is 1. The molecule has 128 valence electrons. The smallest absolute Gasteiger partial charge is 0.263 e. The SMILES string of the molecule is Cc1cc(Br)cc(C)c1-n1cc2c(=O)[nH]c(N3C=COCC3)nc2n1. The van der Waals surface area contributed by atoms with Crippen LogP contribution in [0.15, 0.2) is 40.1 Å². The number of nitrogens with zero attached hydrogens (tertiary/aromatic N) is 4. The summed E-state index contributed by atoms with van der Waals surface area (Å²) in [7, 11) is 0. The lowest BCUT2D eigenvalue weighted by Gasteiger charge is -2.21. The van der Waals surface area contributed by atoms with E-state index in [4.69, 9.17) is 4.74 Å². The normalized spacial score (nSPS) is 14.1. The third kappa shape index (κ3) is 2.82. The highest BCUT2D eigenvalue weighted by atomic mass is 79.9. The lowest BCUT2D eigenvalue weighted by atomic mass is 10.1. The van der Waals surface area contributed by atoms with Gasteiger partial charge in [-0.2, -0.15) is 4.98 Å². The third-order valence-electron chi connectivity index (χ3n) is 4.12. The summed E-state index contributed by atoms with van der Waals surface area (Å²) in [5.41, 5.74) is 3.28. The van der Waals surface area contributed by atoms with Gasteiger partial charge < -0.3 is 9.64 Å². The fourth-order valence-electron chi connectivity index (χ4n) is 3.01. The summed E-state index contributed by atoms with van der Waals surface area (Å²) in [5, 5.41) is 5.00. The van der Waals surface area contributed by atoms with Gasteiger partial charge in [-0.1, -0.05) is 15.9 Å². The van der Waals surface area contributed by atoms with E-state index in [0.717, 1.165) is 21.3 Å². The number of aromatic nitrogens is 4. The van der Waals surface area contributed by atoms with Crippen LogP contribution in [-0.2, 0) is 4.74 Å². The van der Waals surface area contributed by atoms with E-state index < -0.39 is 0 Å². The molecule has 0 bridgehead atoms. The largest absolute Gasteiger partial charge is 0.498 e. The summed E-state index contributed by atoms with van der Waals surface area (Å²) < 4.78 is 7.91. The van der Waals surface area contributed by atoms with Crippen LogP contribution in [0, 0.1) is 13.8 Å². The zero-order valence-corrected chi connectivity index (χ0v) is 15.4. The number of aromatic amines is 1. The third-order valence-corrected chi connectivity index (χ3v) is 4.58. The van der Waals surface area contributed by atoms with Crippen LogP contribution in [0.25, 0.3) is 16.7 Å². The number of nitrogens with one attached hydrogen (secondary N) is 1. The lowest BCUT2D eigenvalue weighted by molar-refractivity contribution is 0.245. The number of benzene rings is 1. The van der Waals surface area contributed by atoms with Crippen molar-refractivity contribution in [3.05, 3.63) is 56.7 Å². The maximum atomic E-state index is 12.5. The Kier molecular flexibility index (Phi) is 3.84. The van der Waals surface area contributed by atoms with Crippen LogP contribution in [0.4, 0.5) is 5.95 Å². The molecular formula is C17H16BrN5O2. The topological polar surface area (TPSA) is 76.0 Å². The molecule has 0 fully saturated rings. The number of anilines is 1. The summed E-state index contributed by atoms with van der Waals surface area (Å²) in [6, 6.07) is 4.05. The van der Waals surface area contributed by atoms with Crippen LogP contribution in [0.1, 0.15) is 11.1 Å². The van der Waals surface area contributed by atoms with E-state index in [1.807, 2.05) is 30.9 Å². The zero-order valence-electron chi connectivity index (χ0n) is 13.8. The van der Waals surface area contributed by atoms with Crippen LogP contribution in [-0.4, -0.2) is 32.9 Å². The molecule has 25 heavy (non-hydrogen) atoms. The van der Waals surface area contributed by atoms with Crippen LogP contribution in [0.5, 0.6) is 0 Å². The average Bonchev–Trinajstić information content (AvgIpc) is 2.99. The second-order valence-electron chi connectivity index (χ2n) is 5.94. The highest BCUT2D eigenvalue weighted by Crippen LogP contribution is 2.24. The van der Waals surface area contributed by atoms with Gasteiger partial charge >= 0.3 is 0 Å². The Labute approximate surface area is 152 Å². The Bertz CT molecular complexity index is 1030. The van der Waals surface area contributed by atoms with Crippen LogP contribution in [0.3, 0.4) is 0 Å². The van der Waals surface area contributed by atoms with Gasteiger partial charge in [0.25, 0.3) is 5.56 Å². The number of H-pyrrole nitrogens is 1. The fourth-order valence-corrected chi connectivity index (χ4v) is 3.69. The molecule has 0 radical (unpaired) electrons. The summed E-state index contributed by atoms with van der Waals surface area (Å²) in [6.07, 6.45) is 5.05. The average molecular weight is 402 g/mol. The maximum absolute atomic E-state index is 12.5. The van der Waals surface area contributed by atoms with Gasteiger partial charge in [-0.15, -0.1) is 5.10 Å². The van der Waals surface area contributed by atoms with Crippen LogP contribution in [0.2, 0.25) is 0 Å². The number of fused-ring (bicyclic) bond motifs is 1. The minimum absolute atomic E-state index is 0.210. The van der Waals surface area contributed by atoms with E-state index in [2.05, 4.69) is 31.0 Å². The van der Waals surface area contributed by atoms with E-state index >= 15 is 0 Å². The van der Waals surface area contributed by atoms with Crippen molar-refractivity contribution < 1.29 is 4.74 Å². The van der Waals surface area contributed by atoms with Gasteiger partial charge in [0.05, 0.1) is 18.5 Å². The van der Waals surface area contributed by atoms with Crippen LogP contribution >= 0.6 is 15.9 Å². The van der Waals surface area contributed by atoms with E-state index in [0.29, 0.717) is 30.1 Å². The first-order chi connectivity index (χ1) is 12.0. The van der Waals surface area contributed by atoms with E-state index in [1.165, 1.54) is 0 Å². The van der Waals surface area contributed by atoms with Crippen LogP contribution < -0.4 is 10.5 Å². The maximum Gasteiger partial charge on any atom is 0.263 e. The van der Waals surface area contributed by atoms with E-state index in [1.54, 1.807) is 23.3 Å². The Morgan fingerprint density at radius 2 is 2.04 bits per heavy atom. The molecule has 1 aromatic carbocycles. The van der Waals surface area contributed by atoms with Gasteiger partial charge in [-0.05, 0) is 37.1 Å². The highest BCUT2D eigenvalue weighted by Gasteiger charge is 2.16. The summed E-state index contributed by atoms with van der Waals surface area (Å²) in [5.74, 6) is 0.464. The number of halogens is 1. The molecule has 1 N–H and O–H groups in total. The molecule has 0 unspecified atom stereocenters. The van der Waals surface area contributed by atoms with Crippen molar-refractivity contribution >= 4 is 32.9 Å². The molecule has 1 aliphatic rings. The molecule has 2 aromatic heterocycles. The number of aryl methyl sites for hydroxylation is 2. The standard InChI is InChI=1S/C17H16BrN5O2/c1-10-7-12(18)8-11(2)14(10)23-9-13-15(21-23)19-17(20-16(13)24)22-3-5-25-6-4-22/h3,5,7-9H,4,6H2,1-2H3,(H,19,20,21,24). The molecule has 0 spiro atoms. The molecule has 0 atom stereocenters. The molecule has 4 rings (SSSR count). The molecule has 0 amide bonds. The molecule has 1 aliphatic heterocycles. The zero-order chi connectivity index (χ0) is 17.6. The monoisotopic (exact) mass is 401 g/mol. The predicted molar refractivity (Wildman–Crippen MR) is 99.1 cm³/mol. The second-order valence-corrected chi connectivity index (χ2v) is 6.85. The Morgan fingerprint density at radius 1 is 1.28 bits per heavy atom. The van der Waals surface area contributed by atoms with Crippen molar-refractivity contribution in [3.8, 4) is 5.69 Å². The number of hydrogen-bond donors (Lipinski definition) is 1. The first kappa shape index (κ1) is 15.9. The van der Waals surface area contributed by atoms with Crippen molar-refractivity contribution in [2.45, 2.75) is 13.8 Å². The first-order valence-corrected chi connectivity index (χ1v) is 8.64. The second kappa shape index (κ2) is 6.03. The van der Waals surface area contributed by atoms with Crippen molar-refractivity contribution in [1.29, 1.82) is 0 Å². The molecule has 8 heteroatoms. The van der Waals surface area contributed by atoms with Crippen molar-refractivity contribution in [2.24, 2.45) is 0 Å². The minimum Gasteiger partial charge on any atom is -0.498 e. The Hall–Kier alpha value is -2.61. The summed E-state index contributed by atoms with van der Waals surface area (Å²) in [6.45, 7) is 5.20. The highest BCUT2D eigenvalue weighted by molar-refractivity contribution is 9.10. The van der Waals surface area contributed by atoms with E-state index in [-0.39, 0.29) is 5.56 Å². The van der Waals surface area contributed by atoms with Crippen molar-refractivity contribution in [2.75, 3.05) is 18.1 Å². The molecule has 0 aliphatic carbocycles. The molecule has 0 saturated heterocycles. The Morgan fingerprint density at radius 3 is 2.72 bits per heavy atom. The van der Waals surface area contributed by atoms with Gasteiger partial charge in [0.1, 0.15) is 12.0 Å². The van der Waals surface area contributed by atoms with Gasteiger partial charge in [0.2, 0.25) is 5.95 Å². The fraction of sp³-hybridized carbons (Fsp3) is 0.235. The van der Waals surface area contributed by atoms with E-state index in [9.17, 15) is 4.79 Å². The Balaban J connectivity index is 1.86. The minimum atomic E-state index is -0.210. The molecule has 0 saturated carbocycles. The first-order valence-electron chi connectivity index (χ1n) is 7.84. The van der Waals surface area contributed by atoms with Gasteiger partial charge in [0, 0.05) is 16.9 Å². The van der Waals surface area contributed by atoms with Crippen molar-refractivity contribution in [1.82, 2.24) is 19.7 Å². The van der Waals surface area contributed by atoms with Crippen molar-refractivity contribution in [3.63, 3.8) is 0 Å². The molecule has 3 heterocycles. The van der Waals surface area contributed by atoms with Gasteiger partial charge in [0.15, 0.2) is 5.65 Å². The predicted octanol–water partition coefficient (Wildman–Crippen LogP) is 2.80. The molecule has 3 aromatic rings. The number of rotatable bonds is 2. The summed E-state index contributed by atoms with van der Waals surface area (Å²) in [4.78, 5) is 21.6. The number of hydrogen-bond acceptors (Lipinski definition) is 5. The molecular weight excluding hydrogens is 386 g/mol. The molecule has 7 nitrogen and oxygen atoms in total. The van der Waals surface area contributed by atoms with Gasteiger partial charge in [-0.25, -0.2) is 4.68 Å². The quantitative estimate of drug-likeness (QED) is 0.714. The summed E-state index contributed by atoms with van der Waals surface area (Å²) >= 11 is 3.50. The van der Waals surface area contributed by atoms with Gasteiger partial charge in [-0.3, -0.25) is 9.78 Å². The lowest BCUT2D eigenvalue weighted by Crippen LogP contribution is -2.28.